The van der Waals surface area contributed by atoms with Gasteiger partial charge in [-0.1, -0.05) is 18.2 Å². The quantitative estimate of drug-likeness (QED) is 0.899. The van der Waals surface area contributed by atoms with Crippen LogP contribution in [0.15, 0.2) is 42.7 Å². The van der Waals surface area contributed by atoms with Crippen LogP contribution in [0.2, 0.25) is 0 Å². The Bertz CT molecular complexity index is 573. The zero-order chi connectivity index (χ0) is 13.2. The van der Waals surface area contributed by atoms with Crippen LogP contribution < -0.4 is 0 Å². The number of hydrogen-bond acceptors (Lipinski definition) is 3. The second-order valence-corrected chi connectivity index (χ2v) is 4.86. The van der Waals surface area contributed by atoms with Crippen molar-refractivity contribution in [3.05, 3.63) is 48.3 Å². The van der Waals surface area contributed by atoms with E-state index < -0.39 is 5.97 Å². The van der Waals surface area contributed by atoms with Gasteiger partial charge in [0.25, 0.3) is 0 Å². The Kier molecular flexibility index (Phi) is 3.05. The Labute approximate surface area is 111 Å². The van der Waals surface area contributed by atoms with Gasteiger partial charge < -0.3 is 5.11 Å². The summed E-state index contributed by atoms with van der Waals surface area (Å²) in [6, 6.07) is 9.93. The van der Waals surface area contributed by atoms with Gasteiger partial charge in [0.15, 0.2) is 0 Å². The molecule has 1 saturated heterocycles. The Morgan fingerprint density at radius 3 is 2.74 bits per heavy atom. The molecule has 19 heavy (non-hydrogen) atoms. The number of para-hydroxylation sites is 1. The molecule has 0 bridgehead atoms. The third kappa shape index (κ3) is 2.51. The summed E-state index contributed by atoms with van der Waals surface area (Å²) in [5.74, 6) is -0.902. The van der Waals surface area contributed by atoms with Crippen LogP contribution in [0.5, 0.6) is 0 Å². The largest absolute Gasteiger partial charge is 0.481 e. The van der Waals surface area contributed by atoms with Gasteiger partial charge in [0.1, 0.15) is 0 Å². The van der Waals surface area contributed by atoms with Crippen LogP contribution in [0.4, 0.5) is 0 Å². The topological polar surface area (TPSA) is 58.4 Å². The van der Waals surface area contributed by atoms with E-state index in [-0.39, 0.29) is 5.92 Å². The molecule has 0 aliphatic carbocycles. The Balaban J connectivity index is 1.62. The second kappa shape index (κ2) is 4.85. The number of carbonyl (C=O) groups is 1. The Morgan fingerprint density at radius 1 is 1.32 bits per heavy atom. The summed E-state index contributed by atoms with van der Waals surface area (Å²) in [5.41, 5.74) is 2.13. The standard InChI is InChI=1S/C14H15N3O2/c18-14(19)12-9-16(10-12)7-11-6-15-17(8-11)13-4-2-1-3-5-13/h1-6,8,12H,7,9-10H2,(H,18,19). The minimum Gasteiger partial charge on any atom is -0.481 e. The SMILES string of the molecule is O=C(O)C1CN(Cc2cnn(-c3ccccc3)c2)C1. The van der Waals surface area contributed by atoms with Gasteiger partial charge in [-0.3, -0.25) is 9.69 Å². The lowest BCUT2D eigenvalue weighted by atomic mass is 10.0. The van der Waals surface area contributed by atoms with Crippen LogP contribution in [0.3, 0.4) is 0 Å². The summed E-state index contributed by atoms with van der Waals surface area (Å²) in [5, 5.41) is 13.2. The molecule has 3 rings (SSSR count). The summed E-state index contributed by atoms with van der Waals surface area (Å²) >= 11 is 0. The molecule has 0 amide bonds. The van der Waals surface area contributed by atoms with Crippen LogP contribution in [-0.2, 0) is 11.3 Å². The van der Waals surface area contributed by atoms with Crippen molar-refractivity contribution in [2.24, 2.45) is 5.92 Å². The normalized spacial score (nSPS) is 16.2. The number of carboxylic acid groups (broad SMARTS) is 1. The number of likely N-dealkylation sites (tertiary alicyclic amines) is 1. The molecule has 2 heterocycles. The highest BCUT2D eigenvalue weighted by molar-refractivity contribution is 5.71. The molecule has 1 aliphatic heterocycles. The molecule has 0 unspecified atom stereocenters. The fourth-order valence-electron chi connectivity index (χ4n) is 2.28. The van der Waals surface area contributed by atoms with Crippen molar-refractivity contribution >= 4 is 5.97 Å². The number of aromatic nitrogens is 2. The lowest BCUT2D eigenvalue weighted by Gasteiger charge is -2.36. The van der Waals surface area contributed by atoms with E-state index in [0.29, 0.717) is 13.1 Å². The maximum atomic E-state index is 10.7. The summed E-state index contributed by atoms with van der Waals surface area (Å²) in [6.07, 6.45) is 3.82. The third-order valence-corrected chi connectivity index (χ3v) is 3.37. The number of aliphatic carboxylic acids is 1. The summed E-state index contributed by atoms with van der Waals surface area (Å²) in [4.78, 5) is 12.8. The monoisotopic (exact) mass is 257 g/mol. The molecule has 5 heteroatoms. The van der Waals surface area contributed by atoms with E-state index in [1.165, 1.54) is 0 Å². The molecule has 1 fully saturated rings. The summed E-state index contributed by atoms with van der Waals surface area (Å²) in [6.45, 7) is 2.02. The van der Waals surface area contributed by atoms with E-state index >= 15 is 0 Å². The molecule has 2 aromatic rings. The fourth-order valence-corrected chi connectivity index (χ4v) is 2.28. The molecule has 1 aliphatic rings. The van der Waals surface area contributed by atoms with Gasteiger partial charge in [0.2, 0.25) is 0 Å². The zero-order valence-electron chi connectivity index (χ0n) is 10.4. The average Bonchev–Trinajstić information content (AvgIpc) is 2.82. The highest BCUT2D eigenvalue weighted by Crippen LogP contribution is 2.19. The molecule has 1 aromatic heterocycles. The summed E-state index contributed by atoms with van der Waals surface area (Å²) < 4.78 is 1.84. The minimum atomic E-state index is -0.698. The van der Waals surface area contributed by atoms with Crippen LogP contribution in [-0.4, -0.2) is 38.8 Å². The number of carboxylic acids is 1. The zero-order valence-corrected chi connectivity index (χ0v) is 10.4. The van der Waals surface area contributed by atoms with E-state index in [0.717, 1.165) is 17.8 Å². The number of hydrogen-bond donors (Lipinski definition) is 1. The molecule has 1 N–H and O–H groups in total. The molecule has 1 aromatic carbocycles. The lowest BCUT2D eigenvalue weighted by Crippen LogP contribution is -2.49. The van der Waals surface area contributed by atoms with Crippen molar-refractivity contribution in [3.63, 3.8) is 0 Å². The first kappa shape index (κ1) is 11.9. The number of rotatable bonds is 4. The van der Waals surface area contributed by atoms with Crippen LogP contribution in [0.25, 0.3) is 5.69 Å². The predicted molar refractivity (Wildman–Crippen MR) is 70.0 cm³/mol. The molecule has 5 nitrogen and oxygen atoms in total. The smallest absolute Gasteiger partial charge is 0.309 e. The van der Waals surface area contributed by atoms with Crippen molar-refractivity contribution < 1.29 is 9.90 Å². The van der Waals surface area contributed by atoms with E-state index in [1.807, 2.05) is 47.4 Å². The molecule has 0 radical (unpaired) electrons. The first-order chi connectivity index (χ1) is 9.22. The van der Waals surface area contributed by atoms with E-state index in [9.17, 15) is 4.79 Å². The van der Waals surface area contributed by atoms with Gasteiger partial charge >= 0.3 is 5.97 Å². The molecule has 0 spiro atoms. The molecular weight excluding hydrogens is 242 g/mol. The van der Waals surface area contributed by atoms with Gasteiger partial charge in [-0.05, 0) is 12.1 Å². The van der Waals surface area contributed by atoms with Crippen molar-refractivity contribution in [1.29, 1.82) is 0 Å². The number of benzene rings is 1. The van der Waals surface area contributed by atoms with Gasteiger partial charge in [0, 0.05) is 31.4 Å². The first-order valence-electron chi connectivity index (χ1n) is 6.26. The van der Waals surface area contributed by atoms with Crippen LogP contribution >= 0.6 is 0 Å². The van der Waals surface area contributed by atoms with Gasteiger partial charge in [-0.2, -0.15) is 5.10 Å². The lowest BCUT2D eigenvalue weighted by molar-refractivity contribution is -0.147. The highest BCUT2D eigenvalue weighted by atomic mass is 16.4. The Morgan fingerprint density at radius 2 is 2.05 bits per heavy atom. The van der Waals surface area contributed by atoms with Crippen molar-refractivity contribution in [2.75, 3.05) is 13.1 Å². The maximum Gasteiger partial charge on any atom is 0.309 e. The summed E-state index contributed by atoms with van der Waals surface area (Å²) in [7, 11) is 0. The van der Waals surface area contributed by atoms with E-state index in [4.69, 9.17) is 5.11 Å². The molecular formula is C14H15N3O2. The third-order valence-electron chi connectivity index (χ3n) is 3.37. The predicted octanol–water partition coefficient (Wildman–Crippen LogP) is 1.39. The van der Waals surface area contributed by atoms with Crippen molar-refractivity contribution in [2.45, 2.75) is 6.54 Å². The number of nitrogens with zero attached hydrogens (tertiary/aromatic N) is 3. The van der Waals surface area contributed by atoms with Crippen molar-refractivity contribution in [1.82, 2.24) is 14.7 Å². The van der Waals surface area contributed by atoms with E-state index in [1.54, 1.807) is 0 Å². The van der Waals surface area contributed by atoms with Crippen LogP contribution in [0, 0.1) is 5.92 Å². The highest BCUT2D eigenvalue weighted by Gasteiger charge is 2.32. The molecule has 0 saturated carbocycles. The van der Waals surface area contributed by atoms with Crippen LogP contribution in [0.1, 0.15) is 5.56 Å². The van der Waals surface area contributed by atoms with Gasteiger partial charge in [-0.15, -0.1) is 0 Å². The second-order valence-electron chi connectivity index (χ2n) is 4.86. The maximum absolute atomic E-state index is 10.7. The van der Waals surface area contributed by atoms with Crippen molar-refractivity contribution in [3.8, 4) is 5.69 Å². The molecule has 0 atom stereocenters. The Hall–Kier alpha value is -2.14. The van der Waals surface area contributed by atoms with E-state index in [2.05, 4.69) is 10.00 Å². The minimum absolute atomic E-state index is 0.204. The first-order valence-corrected chi connectivity index (χ1v) is 6.26. The average molecular weight is 257 g/mol. The fraction of sp³-hybridized carbons (Fsp3) is 0.286. The molecule has 98 valence electrons. The van der Waals surface area contributed by atoms with Gasteiger partial charge in [0.05, 0.1) is 17.8 Å². The van der Waals surface area contributed by atoms with Gasteiger partial charge in [-0.25, -0.2) is 4.68 Å².